The van der Waals surface area contributed by atoms with E-state index in [1.165, 1.54) is 0 Å². The first-order chi connectivity index (χ1) is 12.0. The summed E-state index contributed by atoms with van der Waals surface area (Å²) in [6.07, 6.45) is 1.12. The zero-order valence-corrected chi connectivity index (χ0v) is 13.9. The summed E-state index contributed by atoms with van der Waals surface area (Å²) in [4.78, 5) is 17.0. The van der Waals surface area contributed by atoms with Gasteiger partial charge in [0.15, 0.2) is 17.5 Å². The number of halogens is 3. The fourth-order valence-corrected chi connectivity index (χ4v) is 3.33. The van der Waals surface area contributed by atoms with Crippen molar-refractivity contribution in [1.29, 1.82) is 0 Å². The number of hydrogen-bond acceptors (Lipinski definition) is 4. The molecule has 3 aromatic rings. The number of rotatable bonds is 4. The highest BCUT2D eigenvalue weighted by atomic mass is 32.2. The minimum absolute atomic E-state index is 0.0100. The molecule has 0 spiro atoms. The lowest BCUT2D eigenvalue weighted by molar-refractivity contribution is 0.0522. The summed E-state index contributed by atoms with van der Waals surface area (Å²) < 4.78 is 46.3. The standard InChI is InChI=1S/C18H12F3NO2S/c1-2-24-18(23)12-9-22-16-11(8-13(19)14(20)15(16)21)17(12)25-10-6-4-3-5-7-10/h3-9H,2H2,1H3. The third-order valence-corrected chi connectivity index (χ3v) is 4.56. The first-order valence-electron chi connectivity index (χ1n) is 7.39. The van der Waals surface area contributed by atoms with Crippen LogP contribution in [0.1, 0.15) is 17.3 Å². The average Bonchev–Trinajstić information content (AvgIpc) is 2.61. The normalized spacial score (nSPS) is 10.9. The Kier molecular flexibility index (Phi) is 4.94. The monoisotopic (exact) mass is 363 g/mol. The van der Waals surface area contributed by atoms with E-state index in [2.05, 4.69) is 4.98 Å². The summed E-state index contributed by atoms with van der Waals surface area (Å²) in [7, 11) is 0. The molecule has 0 atom stereocenters. The molecule has 0 aliphatic heterocycles. The number of pyridine rings is 1. The predicted octanol–water partition coefficient (Wildman–Crippen LogP) is 4.98. The Balaban J connectivity index is 2.26. The summed E-state index contributed by atoms with van der Waals surface area (Å²) in [5.41, 5.74) is -0.279. The second-order valence-corrected chi connectivity index (χ2v) is 6.10. The average molecular weight is 363 g/mol. The Morgan fingerprint density at radius 1 is 1.16 bits per heavy atom. The quantitative estimate of drug-likeness (QED) is 0.484. The van der Waals surface area contributed by atoms with Crippen molar-refractivity contribution in [3.63, 3.8) is 0 Å². The van der Waals surface area contributed by atoms with Crippen LogP contribution in [0.3, 0.4) is 0 Å². The molecule has 0 fully saturated rings. The smallest absolute Gasteiger partial charge is 0.340 e. The van der Waals surface area contributed by atoms with Gasteiger partial charge in [-0.05, 0) is 25.1 Å². The van der Waals surface area contributed by atoms with Gasteiger partial charge in [-0.3, -0.25) is 4.98 Å². The number of hydrogen-bond donors (Lipinski definition) is 0. The van der Waals surface area contributed by atoms with Crippen molar-refractivity contribution < 1.29 is 22.7 Å². The predicted molar refractivity (Wildman–Crippen MR) is 88.1 cm³/mol. The first-order valence-corrected chi connectivity index (χ1v) is 8.20. The Morgan fingerprint density at radius 3 is 2.56 bits per heavy atom. The van der Waals surface area contributed by atoms with Crippen LogP contribution in [0.25, 0.3) is 10.9 Å². The van der Waals surface area contributed by atoms with Crippen LogP contribution >= 0.6 is 11.8 Å². The number of nitrogens with zero attached hydrogens (tertiary/aromatic N) is 1. The summed E-state index contributed by atoms with van der Waals surface area (Å²) in [5, 5.41) is 0.0100. The van der Waals surface area contributed by atoms with E-state index in [9.17, 15) is 18.0 Å². The Bertz CT molecular complexity index is 948. The fourth-order valence-electron chi connectivity index (χ4n) is 2.29. The summed E-state index contributed by atoms with van der Waals surface area (Å²) in [6.45, 7) is 1.78. The van der Waals surface area contributed by atoms with Crippen LogP contribution in [0, 0.1) is 17.5 Å². The number of benzene rings is 2. The second-order valence-electron chi connectivity index (χ2n) is 5.02. The summed E-state index contributed by atoms with van der Waals surface area (Å²) in [6, 6.07) is 9.79. The number of ether oxygens (including phenoxy) is 1. The number of carbonyl (C=O) groups excluding carboxylic acids is 1. The first kappa shape index (κ1) is 17.3. The van der Waals surface area contributed by atoms with E-state index in [-0.39, 0.29) is 28.0 Å². The molecule has 0 amide bonds. The minimum atomic E-state index is -1.60. The molecule has 0 bridgehead atoms. The Hall–Kier alpha value is -2.54. The SMILES string of the molecule is CCOC(=O)c1cnc2c(F)c(F)c(F)cc2c1Sc1ccccc1. The van der Waals surface area contributed by atoms with Gasteiger partial charge in [0.1, 0.15) is 5.52 Å². The zero-order valence-electron chi connectivity index (χ0n) is 13.1. The van der Waals surface area contributed by atoms with Crippen LogP contribution in [-0.2, 0) is 4.74 Å². The molecule has 1 aromatic heterocycles. The lowest BCUT2D eigenvalue weighted by Crippen LogP contribution is -2.08. The third-order valence-electron chi connectivity index (χ3n) is 3.41. The highest BCUT2D eigenvalue weighted by molar-refractivity contribution is 7.99. The van der Waals surface area contributed by atoms with Crippen molar-refractivity contribution in [3.05, 3.63) is 65.6 Å². The number of carbonyl (C=O) groups is 1. The number of fused-ring (bicyclic) bond motifs is 1. The van der Waals surface area contributed by atoms with E-state index in [0.717, 1.165) is 28.9 Å². The maximum absolute atomic E-state index is 14.1. The summed E-state index contributed by atoms with van der Waals surface area (Å²) in [5.74, 6) is -5.00. The highest BCUT2D eigenvalue weighted by Gasteiger charge is 2.22. The lowest BCUT2D eigenvalue weighted by Gasteiger charge is -2.12. The molecule has 0 saturated carbocycles. The zero-order chi connectivity index (χ0) is 18.0. The van der Waals surface area contributed by atoms with Crippen molar-refractivity contribution in [2.45, 2.75) is 16.7 Å². The van der Waals surface area contributed by atoms with Gasteiger partial charge in [-0.2, -0.15) is 0 Å². The maximum Gasteiger partial charge on any atom is 0.340 e. The molecule has 0 aliphatic rings. The molecule has 0 N–H and O–H groups in total. The van der Waals surface area contributed by atoms with E-state index in [4.69, 9.17) is 4.74 Å². The van der Waals surface area contributed by atoms with Crippen LogP contribution in [0.5, 0.6) is 0 Å². The van der Waals surface area contributed by atoms with Crippen molar-refractivity contribution >= 4 is 28.6 Å². The third kappa shape index (κ3) is 3.32. The van der Waals surface area contributed by atoms with Crippen LogP contribution < -0.4 is 0 Å². The van der Waals surface area contributed by atoms with Crippen molar-refractivity contribution in [2.24, 2.45) is 0 Å². The molecule has 25 heavy (non-hydrogen) atoms. The largest absolute Gasteiger partial charge is 0.462 e. The van der Waals surface area contributed by atoms with Gasteiger partial charge in [-0.1, -0.05) is 30.0 Å². The molecule has 3 rings (SSSR count). The molecule has 1 heterocycles. The van der Waals surface area contributed by atoms with Crippen LogP contribution in [0.2, 0.25) is 0 Å². The molecular weight excluding hydrogens is 351 g/mol. The van der Waals surface area contributed by atoms with Gasteiger partial charge < -0.3 is 4.74 Å². The van der Waals surface area contributed by atoms with Gasteiger partial charge in [0, 0.05) is 21.4 Å². The van der Waals surface area contributed by atoms with Crippen molar-refractivity contribution in [3.8, 4) is 0 Å². The van der Waals surface area contributed by atoms with Gasteiger partial charge >= 0.3 is 5.97 Å². The van der Waals surface area contributed by atoms with Gasteiger partial charge in [0.05, 0.1) is 12.2 Å². The van der Waals surface area contributed by atoms with E-state index < -0.39 is 23.4 Å². The van der Waals surface area contributed by atoms with Crippen LogP contribution in [-0.4, -0.2) is 17.6 Å². The molecule has 0 unspecified atom stereocenters. The van der Waals surface area contributed by atoms with E-state index in [1.54, 1.807) is 31.2 Å². The number of aromatic nitrogens is 1. The minimum Gasteiger partial charge on any atom is -0.462 e. The molecular formula is C18H12F3NO2S. The van der Waals surface area contributed by atoms with Gasteiger partial charge in [0.25, 0.3) is 0 Å². The molecule has 0 radical (unpaired) electrons. The molecule has 0 aliphatic carbocycles. The Labute approximate surface area is 145 Å². The molecule has 2 aromatic carbocycles. The molecule has 0 saturated heterocycles. The van der Waals surface area contributed by atoms with E-state index >= 15 is 0 Å². The molecule has 128 valence electrons. The second kappa shape index (κ2) is 7.14. The van der Waals surface area contributed by atoms with Crippen LogP contribution in [0.4, 0.5) is 13.2 Å². The Morgan fingerprint density at radius 2 is 1.88 bits per heavy atom. The maximum atomic E-state index is 14.1. The van der Waals surface area contributed by atoms with Crippen molar-refractivity contribution in [1.82, 2.24) is 4.98 Å². The van der Waals surface area contributed by atoms with Crippen LogP contribution in [0.15, 0.2) is 52.4 Å². The summed E-state index contributed by atoms with van der Waals surface area (Å²) >= 11 is 1.12. The number of esters is 1. The van der Waals surface area contributed by atoms with E-state index in [1.807, 2.05) is 6.07 Å². The topological polar surface area (TPSA) is 39.2 Å². The van der Waals surface area contributed by atoms with E-state index in [0.29, 0.717) is 0 Å². The highest BCUT2D eigenvalue weighted by Crippen LogP contribution is 2.37. The molecule has 7 heteroatoms. The lowest BCUT2D eigenvalue weighted by atomic mass is 10.1. The van der Waals surface area contributed by atoms with Gasteiger partial charge in [0.2, 0.25) is 0 Å². The van der Waals surface area contributed by atoms with Gasteiger partial charge in [-0.15, -0.1) is 0 Å². The van der Waals surface area contributed by atoms with Gasteiger partial charge in [-0.25, -0.2) is 18.0 Å². The van der Waals surface area contributed by atoms with Crippen molar-refractivity contribution in [2.75, 3.05) is 6.61 Å². The molecule has 3 nitrogen and oxygen atoms in total. The fraction of sp³-hybridized carbons (Fsp3) is 0.111.